The second kappa shape index (κ2) is 4.87. The predicted molar refractivity (Wildman–Crippen MR) is 68.6 cm³/mol. The number of nitrogens with one attached hydrogen (secondary N) is 1. The van der Waals surface area contributed by atoms with E-state index in [9.17, 15) is 0 Å². The standard InChI is InChI=1S/C12H15ClN4/c1-8-5-9(3-4-11(8)13)12(16-14)10-6-15-17(2)7-10/h3-7,12,16H,14H2,1-2H3. The lowest BCUT2D eigenvalue weighted by atomic mass is 10.0. The molecule has 0 saturated heterocycles. The molecule has 1 aromatic heterocycles. The number of hydrogen-bond acceptors (Lipinski definition) is 3. The summed E-state index contributed by atoms with van der Waals surface area (Å²) in [7, 11) is 1.88. The maximum atomic E-state index is 6.01. The molecule has 0 aliphatic rings. The minimum atomic E-state index is -0.0698. The first-order chi connectivity index (χ1) is 8.11. The predicted octanol–water partition coefficient (Wildman–Crippen LogP) is 1.93. The molecule has 0 saturated carbocycles. The molecule has 4 nitrogen and oxygen atoms in total. The third kappa shape index (κ3) is 2.49. The molecule has 17 heavy (non-hydrogen) atoms. The molecule has 1 heterocycles. The van der Waals surface area contributed by atoms with Crippen LogP contribution in [0, 0.1) is 6.92 Å². The Labute approximate surface area is 105 Å². The Morgan fingerprint density at radius 3 is 2.71 bits per heavy atom. The van der Waals surface area contributed by atoms with Crippen LogP contribution in [0.3, 0.4) is 0 Å². The lowest BCUT2D eigenvalue weighted by Gasteiger charge is -2.15. The van der Waals surface area contributed by atoms with E-state index in [0.29, 0.717) is 0 Å². The zero-order chi connectivity index (χ0) is 12.4. The van der Waals surface area contributed by atoms with E-state index in [0.717, 1.165) is 21.7 Å². The Morgan fingerprint density at radius 2 is 2.18 bits per heavy atom. The molecule has 0 bridgehead atoms. The summed E-state index contributed by atoms with van der Waals surface area (Å²) in [5.74, 6) is 5.61. The topological polar surface area (TPSA) is 55.9 Å². The molecule has 1 aromatic carbocycles. The van der Waals surface area contributed by atoms with Crippen molar-refractivity contribution in [3.63, 3.8) is 0 Å². The first-order valence-electron chi connectivity index (χ1n) is 5.32. The Morgan fingerprint density at radius 1 is 1.41 bits per heavy atom. The van der Waals surface area contributed by atoms with E-state index in [1.807, 2.05) is 38.4 Å². The fraction of sp³-hybridized carbons (Fsp3) is 0.250. The quantitative estimate of drug-likeness (QED) is 0.647. The van der Waals surface area contributed by atoms with E-state index in [4.69, 9.17) is 17.4 Å². The highest BCUT2D eigenvalue weighted by molar-refractivity contribution is 6.31. The summed E-state index contributed by atoms with van der Waals surface area (Å²) in [4.78, 5) is 0. The van der Waals surface area contributed by atoms with E-state index < -0.39 is 0 Å². The second-order valence-electron chi connectivity index (χ2n) is 4.06. The van der Waals surface area contributed by atoms with Crippen molar-refractivity contribution in [1.29, 1.82) is 0 Å². The molecule has 0 radical (unpaired) electrons. The lowest BCUT2D eigenvalue weighted by molar-refractivity contribution is 0.635. The average molecular weight is 251 g/mol. The van der Waals surface area contributed by atoms with Crippen LogP contribution in [0.4, 0.5) is 0 Å². The van der Waals surface area contributed by atoms with Gasteiger partial charge in [0.25, 0.3) is 0 Å². The number of halogens is 1. The molecule has 0 fully saturated rings. The highest BCUT2D eigenvalue weighted by Crippen LogP contribution is 2.24. The number of hydrogen-bond donors (Lipinski definition) is 2. The molecule has 0 spiro atoms. The Kier molecular flexibility index (Phi) is 3.47. The van der Waals surface area contributed by atoms with Crippen LogP contribution in [-0.4, -0.2) is 9.78 Å². The van der Waals surface area contributed by atoms with Gasteiger partial charge in [-0.25, -0.2) is 5.43 Å². The van der Waals surface area contributed by atoms with Crippen LogP contribution in [0.5, 0.6) is 0 Å². The van der Waals surface area contributed by atoms with Crippen LogP contribution in [0.2, 0.25) is 5.02 Å². The van der Waals surface area contributed by atoms with Crippen LogP contribution in [0.15, 0.2) is 30.6 Å². The molecule has 0 aliphatic heterocycles. The summed E-state index contributed by atoms with van der Waals surface area (Å²) in [6.45, 7) is 1.97. The number of rotatable bonds is 3. The van der Waals surface area contributed by atoms with E-state index in [-0.39, 0.29) is 6.04 Å². The number of aryl methyl sites for hydroxylation is 2. The van der Waals surface area contributed by atoms with Crippen molar-refractivity contribution in [3.05, 3.63) is 52.3 Å². The summed E-state index contributed by atoms with van der Waals surface area (Å²) in [6.07, 6.45) is 3.74. The maximum absolute atomic E-state index is 6.01. The number of hydrazine groups is 1. The normalized spacial score (nSPS) is 12.7. The molecular weight excluding hydrogens is 236 g/mol. The number of benzene rings is 1. The highest BCUT2D eigenvalue weighted by atomic mass is 35.5. The van der Waals surface area contributed by atoms with Gasteiger partial charge in [-0.15, -0.1) is 0 Å². The summed E-state index contributed by atoms with van der Waals surface area (Å²) in [5.41, 5.74) is 5.93. The summed E-state index contributed by atoms with van der Waals surface area (Å²) in [6, 6.07) is 5.80. The van der Waals surface area contributed by atoms with Gasteiger partial charge in [-0.1, -0.05) is 23.7 Å². The van der Waals surface area contributed by atoms with E-state index in [1.54, 1.807) is 10.9 Å². The van der Waals surface area contributed by atoms with Gasteiger partial charge in [-0.2, -0.15) is 5.10 Å². The molecule has 1 unspecified atom stereocenters. The highest BCUT2D eigenvalue weighted by Gasteiger charge is 2.14. The van der Waals surface area contributed by atoms with Gasteiger partial charge in [-0.3, -0.25) is 10.5 Å². The van der Waals surface area contributed by atoms with Crippen LogP contribution >= 0.6 is 11.6 Å². The number of nitrogens with zero attached hydrogens (tertiary/aromatic N) is 2. The van der Waals surface area contributed by atoms with Crippen molar-refractivity contribution in [2.24, 2.45) is 12.9 Å². The molecule has 0 aliphatic carbocycles. The van der Waals surface area contributed by atoms with Crippen molar-refractivity contribution < 1.29 is 0 Å². The van der Waals surface area contributed by atoms with E-state index in [2.05, 4.69) is 10.5 Å². The maximum Gasteiger partial charge on any atom is 0.0740 e. The van der Waals surface area contributed by atoms with Gasteiger partial charge in [0.05, 0.1) is 12.2 Å². The van der Waals surface area contributed by atoms with E-state index >= 15 is 0 Å². The van der Waals surface area contributed by atoms with Gasteiger partial charge < -0.3 is 0 Å². The minimum absolute atomic E-state index is 0.0698. The van der Waals surface area contributed by atoms with E-state index in [1.165, 1.54) is 0 Å². The average Bonchev–Trinajstić information content (AvgIpc) is 2.71. The Bertz CT molecular complexity index is 521. The third-order valence-electron chi connectivity index (χ3n) is 2.74. The van der Waals surface area contributed by atoms with Crippen molar-refractivity contribution in [1.82, 2.24) is 15.2 Å². The molecule has 0 amide bonds. The smallest absolute Gasteiger partial charge is 0.0740 e. The third-order valence-corrected chi connectivity index (χ3v) is 3.16. The minimum Gasteiger partial charge on any atom is -0.275 e. The van der Waals surface area contributed by atoms with Crippen LogP contribution in [0.1, 0.15) is 22.7 Å². The zero-order valence-corrected chi connectivity index (χ0v) is 10.6. The fourth-order valence-corrected chi connectivity index (χ4v) is 1.94. The summed E-state index contributed by atoms with van der Waals surface area (Å²) < 4.78 is 1.75. The summed E-state index contributed by atoms with van der Waals surface area (Å²) in [5, 5.41) is 4.91. The van der Waals surface area contributed by atoms with Crippen molar-refractivity contribution in [2.75, 3.05) is 0 Å². The fourth-order valence-electron chi connectivity index (χ4n) is 1.82. The molecule has 90 valence electrons. The number of nitrogens with two attached hydrogens (primary N) is 1. The Hall–Kier alpha value is -1.36. The largest absolute Gasteiger partial charge is 0.275 e. The summed E-state index contributed by atoms with van der Waals surface area (Å²) >= 11 is 6.01. The van der Waals surface area contributed by atoms with Crippen LogP contribution in [0.25, 0.3) is 0 Å². The first kappa shape index (κ1) is 12.1. The van der Waals surface area contributed by atoms with Gasteiger partial charge in [0.15, 0.2) is 0 Å². The van der Waals surface area contributed by atoms with Gasteiger partial charge in [-0.05, 0) is 24.1 Å². The monoisotopic (exact) mass is 250 g/mol. The first-order valence-corrected chi connectivity index (χ1v) is 5.70. The zero-order valence-electron chi connectivity index (χ0n) is 9.81. The van der Waals surface area contributed by atoms with Gasteiger partial charge in [0, 0.05) is 23.8 Å². The van der Waals surface area contributed by atoms with Crippen molar-refractivity contribution in [3.8, 4) is 0 Å². The molecule has 2 aromatic rings. The number of aromatic nitrogens is 2. The molecule has 5 heteroatoms. The second-order valence-corrected chi connectivity index (χ2v) is 4.46. The molecule has 3 N–H and O–H groups in total. The van der Waals surface area contributed by atoms with Crippen LogP contribution in [-0.2, 0) is 7.05 Å². The van der Waals surface area contributed by atoms with Gasteiger partial charge in [0.2, 0.25) is 0 Å². The van der Waals surface area contributed by atoms with Gasteiger partial charge >= 0.3 is 0 Å². The SMILES string of the molecule is Cc1cc(C(NN)c2cnn(C)c2)ccc1Cl. The van der Waals surface area contributed by atoms with Crippen molar-refractivity contribution >= 4 is 11.6 Å². The lowest BCUT2D eigenvalue weighted by Crippen LogP contribution is -2.28. The van der Waals surface area contributed by atoms with Crippen molar-refractivity contribution in [2.45, 2.75) is 13.0 Å². The molecule has 2 rings (SSSR count). The van der Waals surface area contributed by atoms with Gasteiger partial charge in [0.1, 0.15) is 0 Å². The Balaban J connectivity index is 2.38. The molecule has 1 atom stereocenters. The van der Waals surface area contributed by atoms with Crippen LogP contribution < -0.4 is 11.3 Å². The molecular formula is C12H15ClN4.